The van der Waals surface area contributed by atoms with Crippen molar-refractivity contribution in [3.63, 3.8) is 0 Å². The number of carboxylic acids is 1. The summed E-state index contributed by atoms with van der Waals surface area (Å²) in [5.74, 6) is -3.29. The lowest BCUT2D eigenvalue weighted by atomic mass is 9.92. The van der Waals surface area contributed by atoms with Crippen LogP contribution in [0.2, 0.25) is 0 Å². The summed E-state index contributed by atoms with van der Waals surface area (Å²) in [6.07, 6.45) is 14.7. The van der Waals surface area contributed by atoms with E-state index in [0.717, 1.165) is 66.3 Å². The zero-order valence-corrected chi connectivity index (χ0v) is 57.3. The predicted molar refractivity (Wildman–Crippen MR) is 362 cm³/mol. The maximum atomic E-state index is 14.0. The largest absolute Gasteiger partial charge is 0.494 e. The molecular formula is C67H90F2IN11O14S. The molecule has 1 aromatic heterocycles. The number of halogens is 3. The Balaban J connectivity index is 0.851. The minimum absolute atomic E-state index is 0.00118. The van der Waals surface area contributed by atoms with Gasteiger partial charge in [-0.1, -0.05) is 30.9 Å². The van der Waals surface area contributed by atoms with Crippen LogP contribution in [0.4, 0.5) is 8.78 Å². The summed E-state index contributed by atoms with van der Waals surface area (Å²) < 4.78 is 45.3. The number of carbonyl (C=O) groups is 10. The highest BCUT2D eigenvalue weighted by molar-refractivity contribution is 14.1. The van der Waals surface area contributed by atoms with Crippen molar-refractivity contribution in [3.05, 3.63) is 69.4 Å². The van der Waals surface area contributed by atoms with Gasteiger partial charge in [0.15, 0.2) is 0 Å². The molecule has 0 radical (unpaired) electrons. The summed E-state index contributed by atoms with van der Waals surface area (Å²) in [5, 5.41) is 17.9. The summed E-state index contributed by atoms with van der Waals surface area (Å²) in [5.41, 5.74) is 1.94. The molecule has 2 unspecified atom stereocenters. The van der Waals surface area contributed by atoms with Gasteiger partial charge in [0, 0.05) is 131 Å². The van der Waals surface area contributed by atoms with Crippen LogP contribution in [0.15, 0.2) is 54.7 Å². The molecule has 0 spiro atoms. The standard InChI is InChI=1S/C67H90F2IN11O14S/c1-2-52-39-67(68,69)44-81(52)63(88)41-74-65(91)55-20-24-71-57-19-18-53(37-56(55)57)95-36-8-10-50-21-26-79(27-22-50)61(86)13-7-25-80-62(87)38-58(66(80)92)96-54(11-4-3-5-23-72-59(84)12-6-9-49-14-16-51(70)17-15-49)40-73-60(85)42-75-28-29-76(43-64(89)90)31-33-78(46-94-48-83)35-34-77(32-30-75)45-93-47-82/h1,14-20,24,37,47-48,50,52,54,58H,3-13,21-23,25-36,38-46H2,(H,72,84)(H,73,85)(H,74,91)(H,89,90)/t52-,54?,58?/m0/s1. The predicted octanol–water partition coefficient (Wildman–Crippen LogP) is 4.23. The van der Waals surface area contributed by atoms with Gasteiger partial charge in [-0.2, -0.15) is 0 Å². The number of ether oxygens (including phenoxy) is 3. The number of aromatic nitrogens is 1. The van der Waals surface area contributed by atoms with Crippen LogP contribution in [0.1, 0.15) is 106 Å². The number of carbonyl (C=O) groups excluding carboxylic acids is 9. The van der Waals surface area contributed by atoms with E-state index in [2.05, 4.69) is 61.6 Å². The zero-order chi connectivity index (χ0) is 68.8. The molecule has 96 heavy (non-hydrogen) atoms. The Morgan fingerprint density at radius 1 is 0.781 bits per heavy atom. The molecule has 3 aromatic rings. The van der Waals surface area contributed by atoms with Crippen molar-refractivity contribution < 1.29 is 76.0 Å². The van der Waals surface area contributed by atoms with Crippen molar-refractivity contribution in [2.75, 3.05) is 131 Å². The first kappa shape index (κ1) is 76.3. The SMILES string of the molecule is C#C[C@H]1CC(F)(F)CN1C(=O)CNC(=O)c1ccnc2ccc(OCCCC3CCN(C(=O)CCCN4C(=O)CC(SC(CCCCCNC(=O)CCCc5ccc(I)cc5)CNC(=O)CN5CCN(COC=O)CCN(COC=O)CCN(CC(=O)O)CC5)C4=O)CC3)cc12. The number of nitrogens with zero attached hydrogens (tertiary/aromatic N) is 8. The number of likely N-dealkylation sites (tertiary alicyclic amines) is 3. The van der Waals surface area contributed by atoms with Crippen molar-refractivity contribution in [1.29, 1.82) is 0 Å². The van der Waals surface area contributed by atoms with Crippen LogP contribution in [0.3, 0.4) is 0 Å². The third-order valence-electron chi connectivity index (χ3n) is 17.6. The Morgan fingerprint density at radius 2 is 1.46 bits per heavy atom. The number of hydrogen-bond donors (Lipinski definition) is 4. The smallest absolute Gasteiger partial charge is 0.317 e. The molecule has 0 aliphatic carbocycles. The van der Waals surface area contributed by atoms with Crippen LogP contribution in [-0.2, 0) is 59.0 Å². The first-order chi connectivity index (χ1) is 46.3. The van der Waals surface area contributed by atoms with Crippen LogP contribution in [0.5, 0.6) is 5.75 Å². The Kier molecular flexibility index (Phi) is 31.7. The van der Waals surface area contributed by atoms with Crippen molar-refractivity contribution in [2.45, 2.75) is 119 Å². The summed E-state index contributed by atoms with van der Waals surface area (Å²) in [4.78, 5) is 143. The third kappa shape index (κ3) is 25.7. The quantitative estimate of drug-likeness (QED) is 0.0208. The Morgan fingerprint density at radius 3 is 2.12 bits per heavy atom. The molecule has 4 aliphatic heterocycles. The van der Waals surface area contributed by atoms with E-state index in [4.69, 9.17) is 20.6 Å². The second-order valence-electron chi connectivity index (χ2n) is 24.7. The van der Waals surface area contributed by atoms with Crippen LogP contribution in [0.25, 0.3) is 10.9 Å². The van der Waals surface area contributed by atoms with E-state index >= 15 is 0 Å². The molecule has 29 heteroatoms. The lowest BCUT2D eigenvalue weighted by Crippen LogP contribution is -2.49. The molecule has 7 rings (SSSR count). The highest BCUT2D eigenvalue weighted by Crippen LogP contribution is 2.33. The molecule has 4 N–H and O–H groups in total. The van der Waals surface area contributed by atoms with Gasteiger partial charge in [0.25, 0.3) is 24.8 Å². The molecule has 4 saturated heterocycles. The van der Waals surface area contributed by atoms with E-state index in [1.807, 2.05) is 31.7 Å². The lowest BCUT2D eigenvalue weighted by Gasteiger charge is -2.33. The molecule has 7 amide bonds. The van der Waals surface area contributed by atoms with Gasteiger partial charge >= 0.3 is 5.97 Å². The monoisotopic (exact) mass is 1470 g/mol. The number of amides is 7. The van der Waals surface area contributed by atoms with Crippen molar-refractivity contribution in [3.8, 4) is 18.1 Å². The number of rotatable bonds is 36. The maximum Gasteiger partial charge on any atom is 0.317 e. The second kappa shape index (κ2) is 39.9. The van der Waals surface area contributed by atoms with E-state index in [0.29, 0.717) is 133 Å². The molecule has 2 aromatic carbocycles. The Bertz CT molecular complexity index is 3140. The van der Waals surface area contributed by atoms with Gasteiger partial charge in [0.05, 0.1) is 55.2 Å². The van der Waals surface area contributed by atoms with Gasteiger partial charge in [-0.15, -0.1) is 18.2 Å². The van der Waals surface area contributed by atoms with Crippen LogP contribution >= 0.6 is 34.4 Å². The lowest BCUT2D eigenvalue weighted by molar-refractivity contribution is -0.140. The van der Waals surface area contributed by atoms with Crippen LogP contribution in [0, 0.1) is 21.8 Å². The van der Waals surface area contributed by atoms with Gasteiger partial charge < -0.3 is 45.1 Å². The molecule has 4 fully saturated rings. The molecule has 0 saturated carbocycles. The van der Waals surface area contributed by atoms with E-state index in [1.54, 1.807) is 23.1 Å². The maximum absolute atomic E-state index is 14.0. The number of carboxylic acid groups (broad SMARTS) is 1. The fourth-order valence-electron chi connectivity index (χ4n) is 12.2. The van der Waals surface area contributed by atoms with Gasteiger partial charge in [0.2, 0.25) is 35.4 Å². The molecule has 25 nitrogen and oxygen atoms in total. The topological polar surface area (TPSA) is 290 Å². The summed E-state index contributed by atoms with van der Waals surface area (Å²) in [6, 6.07) is 13.9. The van der Waals surface area contributed by atoms with E-state index in [-0.39, 0.29) is 92.8 Å². The average Bonchev–Trinajstić information content (AvgIpc) is 1.40. The van der Waals surface area contributed by atoms with Gasteiger partial charge in [-0.05, 0) is 128 Å². The number of piperidine rings is 1. The number of hydrogen-bond acceptors (Lipinski definition) is 19. The normalized spacial score (nSPS) is 19.0. The Hall–Kier alpha value is -7.11. The number of pyridine rings is 1. The fraction of sp³-hybridized carbons (Fsp3) is 0.597. The number of terminal acetylenes is 1. The number of fused-ring (bicyclic) bond motifs is 1. The minimum atomic E-state index is -3.10. The van der Waals surface area contributed by atoms with Crippen molar-refractivity contribution >= 4 is 106 Å². The molecular weight excluding hydrogens is 1380 g/mol. The number of imide groups is 1. The fourth-order valence-corrected chi connectivity index (χ4v) is 14.0. The first-order valence-corrected chi connectivity index (χ1v) is 35.0. The zero-order valence-electron chi connectivity index (χ0n) is 54.4. The second-order valence-corrected chi connectivity index (χ2v) is 27.4. The van der Waals surface area contributed by atoms with Gasteiger partial charge in [0.1, 0.15) is 19.2 Å². The van der Waals surface area contributed by atoms with Crippen molar-refractivity contribution in [1.82, 2.24) is 55.2 Å². The number of aryl methyl sites for hydroxylation is 1. The summed E-state index contributed by atoms with van der Waals surface area (Å²) >= 11 is 3.62. The highest BCUT2D eigenvalue weighted by Gasteiger charge is 2.46. The number of aliphatic carboxylic acids is 1. The number of unbranched alkanes of at least 4 members (excludes halogenated alkanes) is 2. The van der Waals surface area contributed by atoms with Crippen LogP contribution < -0.4 is 20.7 Å². The van der Waals surface area contributed by atoms with E-state index in [1.165, 1.54) is 34.5 Å². The summed E-state index contributed by atoms with van der Waals surface area (Å²) in [6.45, 7) is 4.42. The van der Waals surface area contributed by atoms with E-state index in [9.17, 15) is 61.8 Å². The molecule has 0 bridgehead atoms. The molecule has 4 aliphatic rings. The number of nitrogens with one attached hydrogen (secondary N) is 3. The van der Waals surface area contributed by atoms with Crippen LogP contribution in [-0.4, -0.2) is 258 Å². The summed E-state index contributed by atoms with van der Waals surface area (Å²) in [7, 11) is 0. The van der Waals surface area contributed by atoms with Gasteiger partial charge in [-0.3, -0.25) is 77.4 Å². The number of benzene rings is 2. The minimum Gasteiger partial charge on any atom is -0.494 e. The highest BCUT2D eigenvalue weighted by atomic mass is 127. The average molecular weight is 1470 g/mol. The van der Waals surface area contributed by atoms with Crippen molar-refractivity contribution in [2.24, 2.45) is 5.92 Å². The van der Waals surface area contributed by atoms with Gasteiger partial charge in [-0.25, -0.2) is 8.78 Å². The molecule has 5 heterocycles. The number of alkyl halides is 2. The third-order valence-corrected chi connectivity index (χ3v) is 19.8. The Labute approximate surface area is 577 Å². The first-order valence-electron chi connectivity index (χ1n) is 33.0. The van der Waals surface area contributed by atoms with E-state index < -0.39 is 54.5 Å². The number of thioether (sulfide) groups is 1. The molecule has 524 valence electrons. The molecule has 3 atom stereocenters.